The number of para-hydroxylation sites is 1. The summed E-state index contributed by atoms with van der Waals surface area (Å²) in [4.78, 5) is 13.2. The molecular weight excluding hydrogens is 176 g/mol. The summed E-state index contributed by atoms with van der Waals surface area (Å²) in [6.45, 7) is 4.18. The van der Waals surface area contributed by atoms with Gasteiger partial charge in [0.2, 0.25) is 5.91 Å². The van der Waals surface area contributed by atoms with Gasteiger partial charge in [0.15, 0.2) is 0 Å². The largest absolute Gasteiger partial charge is 0.397 e. The number of rotatable bonds is 1. The van der Waals surface area contributed by atoms with E-state index in [1.54, 1.807) is 4.90 Å². The number of anilines is 2. The highest BCUT2D eigenvalue weighted by Crippen LogP contribution is 2.33. The van der Waals surface area contributed by atoms with E-state index in [9.17, 15) is 4.79 Å². The highest BCUT2D eigenvalue weighted by molar-refractivity contribution is 6.04. The zero-order valence-electron chi connectivity index (χ0n) is 7.86. The first-order valence-corrected chi connectivity index (χ1v) is 4.55. The Morgan fingerprint density at radius 3 is 3.07 bits per heavy atom. The van der Waals surface area contributed by atoms with Gasteiger partial charge in [-0.15, -0.1) is 0 Å². The Bertz CT molecular complexity index is 398. The molecular formula is C11H12N2O. The van der Waals surface area contributed by atoms with Crippen molar-refractivity contribution in [2.24, 2.45) is 0 Å². The van der Waals surface area contributed by atoms with Gasteiger partial charge in [-0.2, -0.15) is 0 Å². The Morgan fingerprint density at radius 1 is 1.57 bits per heavy atom. The van der Waals surface area contributed by atoms with E-state index in [0.717, 1.165) is 17.7 Å². The number of amides is 1. The Labute approximate surface area is 82.8 Å². The Balaban J connectivity index is 2.47. The van der Waals surface area contributed by atoms with Crippen LogP contribution in [0.25, 0.3) is 0 Å². The van der Waals surface area contributed by atoms with Gasteiger partial charge in [-0.1, -0.05) is 18.7 Å². The maximum atomic E-state index is 11.5. The van der Waals surface area contributed by atoms with E-state index in [4.69, 9.17) is 5.73 Å². The molecule has 1 aromatic rings. The van der Waals surface area contributed by atoms with Gasteiger partial charge in [-0.25, -0.2) is 0 Å². The minimum atomic E-state index is -0.0818. The minimum Gasteiger partial charge on any atom is -0.397 e. The number of nitrogens with zero attached hydrogens (tertiary/aromatic N) is 1. The molecule has 3 heteroatoms. The number of hydrogen-bond donors (Lipinski definition) is 1. The molecule has 0 bridgehead atoms. The highest BCUT2D eigenvalue weighted by Gasteiger charge is 2.24. The standard InChI is InChI=1S/C11H12N2O/c1-2-10(14)13-7-6-8-4-3-5-9(12)11(8)13/h2-5H,1,6-7,12H2. The van der Waals surface area contributed by atoms with Gasteiger partial charge in [0.05, 0.1) is 11.4 Å². The second-order valence-electron chi connectivity index (χ2n) is 3.30. The summed E-state index contributed by atoms with van der Waals surface area (Å²) >= 11 is 0. The maximum absolute atomic E-state index is 11.5. The van der Waals surface area contributed by atoms with E-state index in [1.807, 2.05) is 18.2 Å². The van der Waals surface area contributed by atoms with E-state index >= 15 is 0 Å². The number of carbonyl (C=O) groups is 1. The molecule has 1 aromatic carbocycles. The van der Waals surface area contributed by atoms with Crippen LogP contribution < -0.4 is 10.6 Å². The fourth-order valence-corrected chi connectivity index (χ4v) is 1.82. The lowest BCUT2D eigenvalue weighted by atomic mass is 10.1. The molecule has 1 aliphatic heterocycles. The predicted octanol–water partition coefficient (Wildman–Crippen LogP) is 1.34. The Kier molecular flexibility index (Phi) is 2.00. The van der Waals surface area contributed by atoms with Crippen LogP contribution in [0, 0.1) is 0 Å². The second kappa shape index (κ2) is 3.18. The topological polar surface area (TPSA) is 46.3 Å². The van der Waals surface area contributed by atoms with Gasteiger partial charge in [0.25, 0.3) is 0 Å². The fourth-order valence-electron chi connectivity index (χ4n) is 1.82. The molecule has 2 rings (SSSR count). The van der Waals surface area contributed by atoms with E-state index in [2.05, 4.69) is 6.58 Å². The van der Waals surface area contributed by atoms with Gasteiger partial charge in [0.1, 0.15) is 0 Å². The summed E-state index contributed by atoms with van der Waals surface area (Å²) in [7, 11) is 0. The zero-order chi connectivity index (χ0) is 10.1. The monoisotopic (exact) mass is 188 g/mol. The quantitative estimate of drug-likeness (QED) is 0.534. The average molecular weight is 188 g/mol. The smallest absolute Gasteiger partial charge is 0.250 e. The van der Waals surface area contributed by atoms with Crippen LogP contribution in [0.5, 0.6) is 0 Å². The lowest BCUT2D eigenvalue weighted by Gasteiger charge is -2.16. The molecule has 14 heavy (non-hydrogen) atoms. The molecule has 0 saturated heterocycles. The van der Waals surface area contributed by atoms with Crippen LogP contribution in [0.4, 0.5) is 11.4 Å². The number of nitrogens with two attached hydrogens (primary N) is 1. The van der Waals surface area contributed by atoms with Crippen LogP contribution in [-0.2, 0) is 11.2 Å². The molecule has 2 N–H and O–H groups in total. The Hall–Kier alpha value is -1.77. The van der Waals surface area contributed by atoms with Crippen LogP contribution in [0.15, 0.2) is 30.9 Å². The molecule has 0 fully saturated rings. The lowest BCUT2D eigenvalue weighted by Crippen LogP contribution is -2.27. The lowest BCUT2D eigenvalue weighted by molar-refractivity contribution is -0.114. The van der Waals surface area contributed by atoms with Crippen LogP contribution in [-0.4, -0.2) is 12.5 Å². The van der Waals surface area contributed by atoms with Crippen molar-refractivity contribution >= 4 is 17.3 Å². The molecule has 0 aromatic heterocycles. The average Bonchev–Trinajstić information content (AvgIpc) is 2.62. The minimum absolute atomic E-state index is 0.0818. The first-order valence-electron chi connectivity index (χ1n) is 4.55. The highest BCUT2D eigenvalue weighted by atomic mass is 16.2. The van der Waals surface area contributed by atoms with Crippen LogP contribution in [0.2, 0.25) is 0 Å². The van der Waals surface area contributed by atoms with Crippen LogP contribution in [0.1, 0.15) is 5.56 Å². The number of fused-ring (bicyclic) bond motifs is 1. The zero-order valence-corrected chi connectivity index (χ0v) is 7.86. The number of hydrogen-bond acceptors (Lipinski definition) is 2. The number of carbonyl (C=O) groups excluding carboxylic acids is 1. The maximum Gasteiger partial charge on any atom is 0.250 e. The third-order valence-corrected chi connectivity index (χ3v) is 2.47. The van der Waals surface area contributed by atoms with Crippen molar-refractivity contribution < 1.29 is 4.79 Å². The molecule has 0 aliphatic carbocycles. The van der Waals surface area contributed by atoms with Crippen molar-refractivity contribution in [1.82, 2.24) is 0 Å². The molecule has 3 nitrogen and oxygen atoms in total. The first kappa shape index (κ1) is 8.81. The van der Waals surface area contributed by atoms with Crippen molar-refractivity contribution in [2.75, 3.05) is 17.2 Å². The van der Waals surface area contributed by atoms with E-state index in [0.29, 0.717) is 12.2 Å². The molecule has 0 saturated carbocycles. The van der Waals surface area contributed by atoms with Gasteiger partial charge >= 0.3 is 0 Å². The molecule has 0 spiro atoms. The molecule has 72 valence electrons. The SMILES string of the molecule is C=CC(=O)N1CCc2cccc(N)c21. The predicted molar refractivity (Wildman–Crippen MR) is 57.1 cm³/mol. The van der Waals surface area contributed by atoms with Crippen molar-refractivity contribution in [3.05, 3.63) is 36.4 Å². The summed E-state index contributed by atoms with van der Waals surface area (Å²) in [5, 5.41) is 0. The number of nitrogen functional groups attached to an aromatic ring is 1. The normalized spacial score (nSPS) is 13.9. The molecule has 0 atom stereocenters. The summed E-state index contributed by atoms with van der Waals surface area (Å²) in [6, 6.07) is 5.73. The third-order valence-electron chi connectivity index (χ3n) is 2.47. The molecule has 1 amide bonds. The van der Waals surface area contributed by atoms with Crippen molar-refractivity contribution in [1.29, 1.82) is 0 Å². The van der Waals surface area contributed by atoms with Gasteiger partial charge in [-0.05, 0) is 24.1 Å². The summed E-state index contributed by atoms with van der Waals surface area (Å²) in [5.41, 5.74) is 8.49. The van der Waals surface area contributed by atoms with E-state index < -0.39 is 0 Å². The molecule has 1 aliphatic rings. The van der Waals surface area contributed by atoms with Crippen molar-refractivity contribution in [2.45, 2.75) is 6.42 Å². The van der Waals surface area contributed by atoms with E-state index in [1.165, 1.54) is 6.08 Å². The van der Waals surface area contributed by atoms with Gasteiger partial charge < -0.3 is 10.6 Å². The van der Waals surface area contributed by atoms with Gasteiger partial charge in [-0.3, -0.25) is 4.79 Å². The van der Waals surface area contributed by atoms with Crippen LogP contribution in [0.3, 0.4) is 0 Å². The van der Waals surface area contributed by atoms with Crippen molar-refractivity contribution in [3.63, 3.8) is 0 Å². The van der Waals surface area contributed by atoms with Crippen LogP contribution >= 0.6 is 0 Å². The van der Waals surface area contributed by atoms with Gasteiger partial charge in [0, 0.05) is 6.54 Å². The Morgan fingerprint density at radius 2 is 2.36 bits per heavy atom. The number of benzene rings is 1. The third kappa shape index (κ3) is 1.18. The van der Waals surface area contributed by atoms with Crippen molar-refractivity contribution in [3.8, 4) is 0 Å². The fraction of sp³-hybridized carbons (Fsp3) is 0.182. The summed E-state index contributed by atoms with van der Waals surface area (Å²) in [6.07, 6.45) is 2.20. The second-order valence-corrected chi connectivity index (χ2v) is 3.30. The molecule has 0 radical (unpaired) electrons. The molecule has 1 heterocycles. The first-order chi connectivity index (χ1) is 6.74. The summed E-state index contributed by atoms with van der Waals surface area (Å²) in [5.74, 6) is -0.0818. The molecule has 0 unspecified atom stereocenters. The van der Waals surface area contributed by atoms with E-state index in [-0.39, 0.29) is 5.91 Å². The summed E-state index contributed by atoms with van der Waals surface area (Å²) < 4.78 is 0.